The molecule has 10 heteroatoms. The molecule has 1 amide bonds. The highest BCUT2D eigenvalue weighted by molar-refractivity contribution is 5.86. The van der Waals surface area contributed by atoms with Gasteiger partial charge in [0.05, 0.1) is 12.2 Å². The number of imidazole rings is 1. The van der Waals surface area contributed by atoms with Gasteiger partial charge in [0.2, 0.25) is 5.91 Å². The number of H-pyrrole nitrogens is 2. The monoisotopic (exact) mass is 696 g/mol. The Morgan fingerprint density at radius 2 is 1.86 bits per heavy atom. The van der Waals surface area contributed by atoms with E-state index in [-0.39, 0.29) is 53.6 Å². The number of fused-ring (bicyclic) bond motifs is 8. The molecule has 268 valence electrons. The van der Waals surface area contributed by atoms with E-state index in [0.29, 0.717) is 36.5 Å². The van der Waals surface area contributed by atoms with Gasteiger partial charge < -0.3 is 24.3 Å². The third kappa shape index (κ3) is 7.85. The van der Waals surface area contributed by atoms with Gasteiger partial charge in [-0.25, -0.2) is 13.8 Å². The van der Waals surface area contributed by atoms with E-state index in [2.05, 4.69) is 47.9 Å². The van der Waals surface area contributed by atoms with Crippen LogP contribution in [-0.2, 0) is 32.6 Å². The largest absolute Gasteiger partial charge is 0.466 e. The molecule has 1 aliphatic heterocycles. The minimum absolute atomic E-state index is 0.00362. The molecule has 6 rings (SSSR count). The van der Waals surface area contributed by atoms with Gasteiger partial charge in [0.15, 0.2) is 11.6 Å². The smallest absolute Gasteiger partial charge is 0.306 e. The second kappa shape index (κ2) is 14.7. The molecule has 4 bridgehead atoms. The van der Waals surface area contributed by atoms with E-state index in [1.165, 1.54) is 24.3 Å². The lowest BCUT2D eigenvalue weighted by atomic mass is 9.73. The third-order valence-corrected chi connectivity index (χ3v) is 10.1. The summed E-state index contributed by atoms with van der Waals surface area (Å²) in [4.78, 5) is 38.5. The number of carbonyl (C=O) groups is 2. The summed E-state index contributed by atoms with van der Waals surface area (Å²) in [6, 6.07) is 15.7. The van der Waals surface area contributed by atoms with Crippen molar-refractivity contribution in [1.29, 1.82) is 0 Å². The number of aromatic amines is 2. The first-order valence-electron chi connectivity index (χ1n) is 17.7. The summed E-state index contributed by atoms with van der Waals surface area (Å²) in [7, 11) is 1.82. The maximum absolute atomic E-state index is 15.7. The van der Waals surface area contributed by atoms with Crippen LogP contribution in [0.5, 0.6) is 11.5 Å². The number of hydrogen-bond donors (Lipinski definition) is 2. The summed E-state index contributed by atoms with van der Waals surface area (Å²) in [5.41, 5.74) is 3.46. The van der Waals surface area contributed by atoms with Crippen molar-refractivity contribution in [2.75, 3.05) is 20.2 Å². The van der Waals surface area contributed by atoms with Crippen molar-refractivity contribution in [1.82, 2.24) is 19.9 Å². The Kier molecular flexibility index (Phi) is 10.3. The van der Waals surface area contributed by atoms with E-state index >= 15 is 8.78 Å². The van der Waals surface area contributed by atoms with Crippen LogP contribution in [0.15, 0.2) is 67.0 Å². The number of ether oxygens (including phenoxy) is 2. The fraction of sp³-hybridized carbons (Fsp3) is 0.390. The van der Waals surface area contributed by atoms with Crippen molar-refractivity contribution in [3.05, 3.63) is 101 Å². The summed E-state index contributed by atoms with van der Waals surface area (Å²) in [6.07, 6.45) is 7.15. The molecule has 1 unspecified atom stereocenters. The molecule has 3 aromatic carbocycles. The molecule has 2 aromatic heterocycles. The number of hydrogen-bond acceptors (Lipinski definition) is 5. The summed E-state index contributed by atoms with van der Waals surface area (Å²) < 4.78 is 42.6. The normalized spacial score (nSPS) is 18.3. The summed E-state index contributed by atoms with van der Waals surface area (Å²) >= 11 is 0. The van der Waals surface area contributed by atoms with Gasteiger partial charge in [-0.2, -0.15) is 0 Å². The minimum atomic E-state index is -0.584. The summed E-state index contributed by atoms with van der Waals surface area (Å²) in [5, 5.41) is 0.760. The van der Waals surface area contributed by atoms with E-state index in [0.717, 1.165) is 41.5 Å². The first kappa shape index (κ1) is 35.8. The Balaban J connectivity index is 1.42. The van der Waals surface area contributed by atoms with Crippen molar-refractivity contribution < 1.29 is 27.8 Å². The molecule has 5 aromatic rings. The zero-order chi connectivity index (χ0) is 36.3. The third-order valence-electron chi connectivity index (χ3n) is 10.1. The van der Waals surface area contributed by atoms with Crippen molar-refractivity contribution in [2.45, 2.75) is 78.1 Å². The van der Waals surface area contributed by atoms with E-state index in [9.17, 15) is 9.59 Å². The number of halogens is 2. The number of esters is 1. The van der Waals surface area contributed by atoms with Crippen molar-refractivity contribution >= 4 is 22.8 Å². The lowest BCUT2D eigenvalue weighted by Crippen LogP contribution is -2.36. The highest BCUT2D eigenvalue weighted by Gasteiger charge is 2.33. The van der Waals surface area contributed by atoms with Gasteiger partial charge in [-0.05, 0) is 80.3 Å². The Morgan fingerprint density at radius 3 is 2.67 bits per heavy atom. The fourth-order valence-electron chi connectivity index (χ4n) is 7.32. The Bertz CT molecular complexity index is 2050. The van der Waals surface area contributed by atoms with Crippen molar-refractivity contribution in [3.63, 3.8) is 0 Å². The quantitative estimate of drug-likeness (QED) is 0.179. The van der Waals surface area contributed by atoms with E-state index in [1.807, 2.05) is 25.2 Å². The lowest BCUT2D eigenvalue weighted by Gasteiger charge is -2.34. The molecule has 0 saturated heterocycles. The number of nitrogens with zero attached hydrogens (tertiary/aromatic N) is 2. The highest BCUT2D eigenvalue weighted by atomic mass is 19.1. The molecule has 8 nitrogen and oxygen atoms in total. The molecule has 0 fully saturated rings. The van der Waals surface area contributed by atoms with Crippen LogP contribution < -0.4 is 4.74 Å². The van der Waals surface area contributed by atoms with Gasteiger partial charge in [0.25, 0.3) is 0 Å². The van der Waals surface area contributed by atoms with Crippen LogP contribution in [0.4, 0.5) is 8.78 Å². The van der Waals surface area contributed by atoms with Gasteiger partial charge in [-0.15, -0.1) is 0 Å². The predicted molar refractivity (Wildman–Crippen MR) is 194 cm³/mol. The molecular weight excluding hydrogens is 650 g/mol. The average molecular weight is 697 g/mol. The molecular formula is C41H46F2N4O4. The second-order valence-electron chi connectivity index (χ2n) is 14.6. The number of amides is 1. The number of carbonyl (C=O) groups excluding carboxylic acids is 2. The first-order valence-corrected chi connectivity index (χ1v) is 17.7. The lowest BCUT2D eigenvalue weighted by molar-refractivity contribution is -0.143. The van der Waals surface area contributed by atoms with Gasteiger partial charge in [-0.1, -0.05) is 44.5 Å². The Hall–Kier alpha value is -4.99. The van der Waals surface area contributed by atoms with E-state index < -0.39 is 17.0 Å². The first-order chi connectivity index (χ1) is 24.4. The van der Waals surface area contributed by atoms with E-state index in [1.54, 1.807) is 24.2 Å². The molecule has 2 N–H and O–H groups in total. The van der Waals surface area contributed by atoms with Crippen LogP contribution >= 0.6 is 0 Å². The van der Waals surface area contributed by atoms with Crippen molar-refractivity contribution in [2.24, 2.45) is 5.41 Å². The number of aromatic nitrogens is 3. The fourth-order valence-corrected chi connectivity index (χ4v) is 7.32. The minimum Gasteiger partial charge on any atom is -0.466 e. The second-order valence-corrected chi connectivity index (χ2v) is 14.6. The summed E-state index contributed by atoms with van der Waals surface area (Å²) in [5.74, 6) is -0.804. The van der Waals surface area contributed by atoms with Crippen LogP contribution in [-0.4, -0.2) is 51.9 Å². The van der Waals surface area contributed by atoms with Crippen LogP contribution in [0.25, 0.3) is 22.3 Å². The molecule has 51 heavy (non-hydrogen) atoms. The van der Waals surface area contributed by atoms with Crippen LogP contribution in [0.2, 0.25) is 0 Å². The SMILES string of the molecule is CCOC(=O)CCc1cccc(C2(C)CCCC(C)(C)CN(C)C(=O)CCc3c(c(F)cc4[nH]ccc34)Oc3ccc(F)c(c3)-c3ncc2[nH]3)c1. The number of rotatable bonds is 5. The maximum atomic E-state index is 15.7. The van der Waals surface area contributed by atoms with E-state index in [4.69, 9.17) is 9.47 Å². The highest BCUT2D eigenvalue weighted by Crippen LogP contribution is 2.41. The van der Waals surface area contributed by atoms with Gasteiger partial charge in [0.1, 0.15) is 17.4 Å². The zero-order valence-corrected chi connectivity index (χ0v) is 30.0. The predicted octanol–water partition coefficient (Wildman–Crippen LogP) is 9.03. The Morgan fingerprint density at radius 1 is 1.04 bits per heavy atom. The molecule has 1 atom stereocenters. The molecule has 0 saturated carbocycles. The Labute approximate surface area is 297 Å². The van der Waals surface area contributed by atoms with Gasteiger partial charge in [-0.3, -0.25) is 9.59 Å². The standard InChI is InChI=1S/C41H46F2N4O4/c1-6-50-37(49)16-11-26-9-7-10-27(21-26)41(4)19-8-18-40(2,3)25-47(5)36(48)15-13-30-29-17-20-44-34(29)23-33(43)38(30)51-28-12-14-32(42)31(22-28)39-45-24-35(41)46-39/h7,9-10,12,14,17,20-24,44H,6,8,11,13,15-16,18-19,25H2,1-5H3,(H,45,46). The average Bonchev–Trinajstić information content (AvgIpc) is 3.78. The van der Waals surface area contributed by atoms with Gasteiger partial charge in [0, 0.05) is 72.5 Å². The molecule has 3 heterocycles. The topological polar surface area (TPSA) is 100 Å². The van der Waals surface area contributed by atoms with Crippen LogP contribution in [0, 0.1) is 17.0 Å². The summed E-state index contributed by atoms with van der Waals surface area (Å²) in [6.45, 7) is 9.17. The van der Waals surface area contributed by atoms with Crippen molar-refractivity contribution in [3.8, 4) is 22.9 Å². The molecule has 1 aliphatic rings. The number of nitrogens with one attached hydrogen (secondary N) is 2. The number of aryl methyl sites for hydroxylation is 2. The molecule has 0 radical (unpaired) electrons. The van der Waals surface area contributed by atoms with Crippen LogP contribution in [0.1, 0.15) is 82.2 Å². The maximum Gasteiger partial charge on any atom is 0.306 e. The zero-order valence-electron chi connectivity index (χ0n) is 30.0. The molecule has 0 spiro atoms. The molecule has 0 aliphatic carbocycles. The number of benzene rings is 3. The van der Waals surface area contributed by atoms with Crippen LogP contribution in [0.3, 0.4) is 0 Å². The van der Waals surface area contributed by atoms with Gasteiger partial charge >= 0.3 is 5.97 Å².